The van der Waals surface area contributed by atoms with Crippen LogP contribution in [0.1, 0.15) is 18.5 Å². The molecule has 0 aliphatic carbocycles. The maximum Gasteiger partial charge on any atom is 0.125 e. The fourth-order valence-electron chi connectivity index (χ4n) is 2.49. The maximum atomic E-state index is 9.23. The quantitative estimate of drug-likeness (QED) is 0.848. The van der Waals surface area contributed by atoms with Crippen molar-refractivity contribution in [1.82, 2.24) is 0 Å². The molecule has 1 saturated heterocycles. The molecule has 0 radical (unpaired) electrons. The van der Waals surface area contributed by atoms with Crippen molar-refractivity contribution >= 4 is 5.69 Å². The van der Waals surface area contributed by atoms with Crippen LogP contribution in [0, 0.1) is 0 Å². The standard InChI is InChI=1S/C14H22N2O3/c1-10(15)14-12(4-3-5-13(14)18-2)16-6-7-19-11(8-16)9-17/h3-5,10-11,17H,6-9,15H2,1-2H3/t10-,11?/m1/s1. The topological polar surface area (TPSA) is 68.0 Å². The number of hydrogen-bond acceptors (Lipinski definition) is 5. The Labute approximate surface area is 113 Å². The van der Waals surface area contributed by atoms with E-state index in [2.05, 4.69) is 4.90 Å². The molecule has 0 aromatic heterocycles. The van der Waals surface area contributed by atoms with E-state index in [1.165, 1.54) is 0 Å². The summed E-state index contributed by atoms with van der Waals surface area (Å²) in [5.41, 5.74) is 8.15. The number of hydrogen-bond donors (Lipinski definition) is 2. The number of aliphatic hydroxyl groups excluding tert-OH is 1. The summed E-state index contributed by atoms with van der Waals surface area (Å²) in [4.78, 5) is 2.20. The molecule has 2 rings (SSSR count). The monoisotopic (exact) mass is 266 g/mol. The summed E-state index contributed by atoms with van der Waals surface area (Å²) in [6, 6.07) is 5.82. The normalized spacial score (nSPS) is 21.3. The van der Waals surface area contributed by atoms with Gasteiger partial charge >= 0.3 is 0 Å². The highest BCUT2D eigenvalue weighted by Gasteiger charge is 2.24. The zero-order chi connectivity index (χ0) is 13.8. The molecule has 106 valence electrons. The van der Waals surface area contributed by atoms with Crippen LogP contribution in [0.3, 0.4) is 0 Å². The van der Waals surface area contributed by atoms with Gasteiger partial charge in [0.25, 0.3) is 0 Å². The SMILES string of the molecule is COc1cccc(N2CCOC(CO)C2)c1[C@@H](C)N. The molecule has 1 heterocycles. The fourth-order valence-corrected chi connectivity index (χ4v) is 2.49. The van der Waals surface area contributed by atoms with Gasteiger partial charge in [-0.25, -0.2) is 0 Å². The first-order valence-electron chi connectivity index (χ1n) is 6.57. The smallest absolute Gasteiger partial charge is 0.125 e. The average Bonchev–Trinajstić information content (AvgIpc) is 2.46. The zero-order valence-electron chi connectivity index (χ0n) is 11.5. The van der Waals surface area contributed by atoms with E-state index in [0.717, 1.165) is 23.5 Å². The molecule has 1 unspecified atom stereocenters. The zero-order valence-corrected chi connectivity index (χ0v) is 11.5. The summed E-state index contributed by atoms with van der Waals surface area (Å²) in [5.74, 6) is 0.805. The Bertz CT molecular complexity index is 423. The van der Waals surface area contributed by atoms with Crippen LogP contribution in [0.4, 0.5) is 5.69 Å². The molecule has 5 heteroatoms. The van der Waals surface area contributed by atoms with Crippen molar-refractivity contribution in [2.75, 3.05) is 38.3 Å². The molecule has 3 N–H and O–H groups in total. The van der Waals surface area contributed by atoms with Crippen LogP contribution in [-0.2, 0) is 4.74 Å². The van der Waals surface area contributed by atoms with E-state index in [-0.39, 0.29) is 18.8 Å². The van der Waals surface area contributed by atoms with Gasteiger partial charge in [0.1, 0.15) is 5.75 Å². The molecule has 0 spiro atoms. The summed E-state index contributed by atoms with van der Waals surface area (Å²) < 4.78 is 10.9. The Balaban J connectivity index is 2.33. The van der Waals surface area contributed by atoms with Crippen LogP contribution < -0.4 is 15.4 Å². The number of ether oxygens (including phenoxy) is 2. The van der Waals surface area contributed by atoms with E-state index in [1.54, 1.807) is 7.11 Å². The highest BCUT2D eigenvalue weighted by molar-refractivity contribution is 5.61. The molecule has 0 amide bonds. The van der Waals surface area contributed by atoms with Crippen LogP contribution in [0.25, 0.3) is 0 Å². The number of nitrogens with two attached hydrogens (primary N) is 1. The molecule has 1 fully saturated rings. The van der Waals surface area contributed by atoms with Gasteiger partial charge in [0.15, 0.2) is 0 Å². The van der Waals surface area contributed by atoms with Crippen molar-refractivity contribution in [3.05, 3.63) is 23.8 Å². The number of rotatable bonds is 4. The number of aliphatic hydroxyl groups is 1. The second-order valence-electron chi connectivity index (χ2n) is 4.80. The average molecular weight is 266 g/mol. The van der Waals surface area contributed by atoms with Crippen LogP contribution in [0.15, 0.2) is 18.2 Å². The third kappa shape index (κ3) is 3.00. The minimum Gasteiger partial charge on any atom is -0.496 e. The first-order valence-corrected chi connectivity index (χ1v) is 6.57. The number of morpholine rings is 1. The molecule has 1 aromatic rings. The van der Waals surface area contributed by atoms with E-state index in [0.29, 0.717) is 13.2 Å². The Kier molecular flexibility index (Phi) is 4.63. The molecule has 19 heavy (non-hydrogen) atoms. The molecular formula is C14H22N2O3. The van der Waals surface area contributed by atoms with Crippen LogP contribution in [0.2, 0.25) is 0 Å². The van der Waals surface area contributed by atoms with Crippen molar-refractivity contribution in [1.29, 1.82) is 0 Å². The van der Waals surface area contributed by atoms with Gasteiger partial charge < -0.3 is 25.2 Å². The largest absolute Gasteiger partial charge is 0.496 e. The van der Waals surface area contributed by atoms with E-state index in [1.807, 2.05) is 25.1 Å². The highest BCUT2D eigenvalue weighted by atomic mass is 16.5. The summed E-state index contributed by atoms with van der Waals surface area (Å²) in [7, 11) is 1.65. The Hall–Kier alpha value is -1.30. The lowest BCUT2D eigenvalue weighted by Crippen LogP contribution is -2.44. The Morgan fingerprint density at radius 3 is 3.00 bits per heavy atom. The lowest BCUT2D eigenvalue weighted by Gasteiger charge is -2.35. The van der Waals surface area contributed by atoms with Crippen molar-refractivity contribution < 1.29 is 14.6 Å². The molecule has 0 saturated carbocycles. The summed E-state index contributed by atoms with van der Waals surface area (Å²) in [6.07, 6.45) is -0.138. The molecule has 2 atom stereocenters. The summed E-state index contributed by atoms with van der Waals surface area (Å²) in [5, 5.41) is 9.23. The van der Waals surface area contributed by atoms with Gasteiger partial charge in [0.2, 0.25) is 0 Å². The van der Waals surface area contributed by atoms with Crippen molar-refractivity contribution in [3.8, 4) is 5.75 Å². The maximum absolute atomic E-state index is 9.23. The lowest BCUT2D eigenvalue weighted by molar-refractivity contribution is 0.00350. The van der Waals surface area contributed by atoms with Crippen molar-refractivity contribution in [3.63, 3.8) is 0 Å². The second kappa shape index (κ2) is 6.23. The molecule has 1 aliphatic heterocycles. The fraction of sp³-hybridized carbons (Fsp3) is 0.571. The second-order valence-corrected chi connectivity index (χ2v) is 4.80. The Morgan fingerprint density at radius 2 is 2.37 bits per heavy atom. The van der Waals surface area contributed by atoms with Crippen LogP contribution in [0.5, 0.6) is 5.75 Å². The molecular weight excluding hydrogens is 244 g/mol. The predicted molar refractivity (Wildman–Crippen MR) is 74.6 cm³/mol. The molecule has 5 nitrogen and oxygen atoms in total. The Morgan fingerprint density at radius 1 is 1.58 bits per heavy atom. The molecule has 0 bridgehead atoms. The lowest BCUT2D eigenvalue weighted by atomic mass is 10.0. The third-order valence-electron chi connectivity index (χ3n) is 3.40. The number of methoxy groups -OCH3 is 1. The number of benzene rings is 1. The van der Waals surface area contributed by atoms with Gasteiger partial charge in [-0.05, 0) is 19.1 Å². The highest BCUT2D eigenvalue weighted by Crippen LogP contribution is 2.34. The van der Waals surface area contributed by atoms with Crippen molar-refractivity contribution in [2.45, 2.75) is 19.1 Å². The van der Waals surface area contributed by atoms with Crippen molar-refractivity contribution in [2.24, 2.45) is 5.73 Å². The summed E-state index contributed by atoms with van der Waals surface area (Å²) in [6.45, 7) is 4.06. The van der Waals surface area contributed by atoms with Gasteiger partial charge in [-0.15, -0.1) is 0 Å². The van der Waals surface area contributed by atoms with Gasteiger partial charge in [-0.3, -0.25) is 0 Å². The summed E-state index contributed by atoms with van der Waals surface area (Å²) >= 11 is 0. The molecule has 1 aromatic carbocycles. The van der Waals surface area contributed by atoms with Gasteiger partial charge in [0.05, 0.1) is 26.4 Å². The van der Waals surface area contributed by atoms with Gasteiger partial charge in [-0.1, -0.05) is 6.07 Å². The van der Waals surface area contributed by atoms with E-state index in [4.69, 9.17) is 15.2 Å². The number of nitrogens with zero attached hydrogens (tertiary/aromatic N) is 1. The molecule has 1 aliphatic rings. The first-order chi connectivity index (χ1) is 9.17. The minimum absolute atomic E-state index is 0.0357. The van der Waals surface area contributed by atoms with E-state index in [9.17, 15) is 5.11 Å². The number of anilines is 1. The van der Waals surface area contributed by atoms with E-state index >= 15 is 0 Å². The van der Waals surface area contributed by atoms with Crippen LogP contribution in [-0.4, -0.2) is 44.6 Å². The first kappa shape index (κ1) is 14.1. The van der Waals surface area contributed by atoms with Gasteiger partial charge in [-0.2, -0.15) is 0 Å². The van der Waals surface area contributed by atoms with Crippen LogP contribution >= 0.6 is 0 Å². The van der Waals surface area contributed by atoms with Gasteiger partial charge in [0, 0.05) is 30.4 Å². The predicted octanol–water partition coefficient (Wildman–Crippen LogP) is 0.912. The van der Waals surface area contributed by atoms with E-state index < -0.39 is 0 Å². The minimum atomic E-state index is -0.138. The third-order valence-corrected chi connectivity index (χ3v) is 3.40.